The molecule has 2 amide bonds. The lowest BCUT2D eigenvalue weighted by Gasteiger charge is -2.09. The Balaban J connectivity index is 2.13. The van der Waals surface area contributed by atoms with Gasteiger partial charge in [-0.05, 0) is 19.8 Å². The fraction of sp³-hybridized carbons (Fsp3) is 0.636. The lowest BCUT2D eigenvalue weighted by molar-refractivity contribution is 0.160. The van der Waals surface area contributed by atoms with Crippen molar-refractivity contribution in [2.45, 2.75) is 39.3 Å². The number of carbonyl (C=O) groups is 1. The Morgan fingerprint density at radius 2 is 2.35 bits per heavy atom. The van der Waals surface area contributed by atoms with E-state index in [9.17, 15) is 9.90 Å². The minimum absolute atomic E-state index is 0.221. The quantitative estimate of drug-likeness (QED) is 0.721. The van der Waals surface area contributed by atoms with E-state index in [1.54, 1.807) is 17.5 Å². The third-order valence-electron chi connectivity index (χ3n) is 2.30. The van der Waals surface area contributed by atoms with Crippen molar-refractivity contribution in [3.05, 3.63) is 16.1 Å². The maximum absolute atomic E-state index is 11.4. The number of urea groups is 1. The van der Waals surface area contributed by atoms with Crippen molar-refractivity contribution >= 4 is 17.4 Å². The number of thiazole rings is 1. The summed E-state index contributed by atoms with van der Waals surface area (Å²) in [5.41, 5.74) is 0. The van der Waals surface area contributed by atoms with Gasteiger partial charge in [-0.25, -0.2) is 9.78 Å². The molecule has 0 bridgehead atoms. The van der Waals surface area contributed by atoms with E-state index >= 15 is 0 Å². The minimum atomic E-state index is -0.336. The van der Waals surface area contributed by atoms with Gasteiger partial charge < -0.3 is 15.7 Å². The Morgan fingerprint density at radius 3 is 2.94 bits per heavy atom. The van der Waals surface area contributed by atoms with Crippen LogP contribution >= 0.6 is 11.3 Å². The van der Waals surface area contributed by atoms with E-state index in [0.29, 0.717) is 25.9 Å². The number of nitrogens with one attached hydrogen (secondary N) is 2. The molecule has 0 aromatic carbocycles. The van der Waals surface area contributed by atoms with Crippen LogP contribution in [0.1, 0.15) is 29.7 Å². The first-order valence-corrected chi connectivity index (χ1v) is 6.54. The Kier molecular flexibility index (Phi) is 5.93. The van der Waals surface area contributed by atoms with Crippen molar-refractivity contribution in [1.29, 1.82) is 0 Å². The SMILES string of the molecule is CCC(O)CCNC(=O)NCc1ncc(C)s1. The molecule has 0 saturated carbocycles. The average molecular weight is 257 g/mol. The number of nitrogens with zero attached hydrogens (tertiary/aromatic N) is 1. The summed E-state index contributed by atoms with van der Waals surface area (Å²) in [5.74, 6) is 0. The Bertz CT molecular complexity index is 354. The van der Waals surface area contributed by atoms with Crippen LogP contribution in [0, 0.1) is 6.92 Å². The van der Waals surface area contributed by atoms with E-state index in [4.69, 9.17) is 0 Å². The summed E-state index contributed by atoms with van der Waals surface area (Å²) in [5, 5.41) is 15.6. The fourth-order valence-electron chi connectivity index (χ4n) is 1.26. The molecule has 6 heteroatoms. The maximum Gasteiger partial charge on any atom is 0.315 e. The molecule has 1 aromatic rings. The molecule has 1 aromatic heterocycles. The van der Waals surface area contributed by atoms with Crippen LogP contribution in [0.2, 0.25) is 0 Å². The van der Waals surface area contributed by atoms with Crippen molar-refractivity contribution in [2.24, 2.45) is 0 Å². The molecule has 0 aliphatic carbocycles. The summed E-state index contributed by atoms with van der Waals surface area (Å²) >= 11 is 1.57. The van der Waals surface area contributed by atoms with Crippen LogP contribution in [0.5, 0.6) is 0 Å². The van der Waals surface area contributed by atoms with Crippen LogP contribution < -0.4 is 10.6 Å². The number of hydrogen-bond acceptors (Lipinski definition) is 4. The van der Waals surface area contributed by atoms with Crippen molar-refractivity contribution in [2.75, 3.05) is 6.54 Å². The first kappa shape index (κ1) is 13.9. The highest BCUT2D eigenvalue weighted by molar-refractivity contribution is 7.11. The molecule has 0 aliphatic rings. The highest BCUT2D eigenvalue weighted by atomic mass is 32.1. The summed E-state index contributed by atoms with van der Waals surface area (Å²) < 4.78 is 0. The summed E-state index contributed by atoms with van der Waals surface area (Å²) in [6.07, 6.45) is 2.75. The molecule has 96 valence electrons. The zero-order valence-electron chi connectivity index (χ0n) is 10.2. The van der Waals surface area contributed by atoms with E-state index in [1.807, 2.05) is 13.8 Å². The van der Waals surface area contributed by atoms with E-state index < -0.39 is 0 Å². The molecule has 0 radical (unpaired) electrons. The molecular weight excluding hydrogens is 238 g/mol. The molecule has 0 fully saturated rings. The first-order chi connectivity index (χ1) is 8.11. The lowest BCUT2D eigenvalue weighted by atomic mass is 10.2. The average Bonchev–Trinajstić information content (AvgIpc) is 2.72. The maximum atomic E-state index is 11.4. The van der Waals surface area contributed by atoms with Crippen LogP contribution in [-0.2, 0) is 6.54 Å². The second-order valence-electron chi connectivity index (χ2n) is 3.82. The second-order valence-corrected chi connectivity index (χ2v) is 5.14. The Morgan fingerprint density at radius 1 is 1.59 bits per heavy atom. The van der Waals surface area contributed by atoms with Crippen LogP contribution in [0.25, 0.3) is 0 Å². The Hall–Kier alpha value is -1.14. The van der Waals surface area contributed by atoms with Gasteiger partial charge in [0.2, 0.25) is 0 Å². The molecule has 0 aliphatic heterocycles. The van der Waals surface area contributed by atoms with Crippen molar-refractivity contribution < 1.29 is 9.90 Å². The van der Waals surface area contributed by atoms with Gasteiger partial charge in [0.25, 0.3) is 0 Å². The molecule has 0 spiro atoms. The van der Waals surface area contributed by atoms with Crippen LogP contribution in [-0.4, -0.2) is 28.8 Å². The van der Waals surface area contributed by atoms with Crippen molar-refractivity contribution in [3.8, 4) is 0 Å². The number of rotatable bonds is 6. The van der Waals surface area contributed by atoms with E-state index in [1.165, 1.54) is 0 Å². The van der Waals surface area contributed by atoms with Gasteiger partial charge in [-0.2, -0.15) is 0 Å². The number of carbonyl (C=O) groups excluding carboxylic acids is 1. The van der Waals surface area contributed by atoms with Crippen molar-refractivity contribution in [1.82, 2.24) is 15.6 Å². The predicted octanol–water partition coefficient (Wildman–Crippen LogP) is 1.41. The smallest absolute Gasteiger partial charge is 0.315 e. The molecule has 5 nitrogen and oxygen atoms in total. The molecule has 1 atom stereocenters. The third-order valence-corrected chi connectivity index (χ3v) is 3.22. The summed E-state index contributed by atoms with van der Waals surface area (Å²) in [4.78, 5) is 16.6. The standard InChI is InChI=1S/C11H19N3O2S/c1-3-9(15)4-5-12-11(16)14-7-10-13-6-8(2)17-10/h6,9,15H,3-5,7H2,1-2H3,(H2,12,14,16). The van der Waals surface area contributed by atoms with Gasteiger partial charge in [0.05, 0.1) is 12.6 Å². The molecule has 1 unspecified atom stereocenters. The van der Waals surface area contributed by atoms with Gasteiger partial charge in [0, 0.05) is 17.6 Å². The van der Waals surface area contributed by atoms with Gasteiger partial charge in [-0.1, -0.05) is 6.92 Å². The highest BCUT2D eigenvalue weighted by Gasteiger charge is 2.04. The third kappa shape index (κ3) is 5.65. The normalized spacial score (nSPS) is 12.2. The topological polar surface area (TPSA) is 74.2 Å². The Labute approximate surface area is 105 Å². The fourth-order valence-corrected chi connectivity index (χ4v) is 1.98. The summed E-state index contributed by atoms with van der Waals surface area (Å²) in [6.45, 7) is 4.82. The predicted molar refractivity (Wildman–Crippen MR) is 68.0 cm³/mol. The van der Waals surface area contributed by atoms with E-state index in [-0.39, 0.29) is 12.1 Å². The molecule has 1 rings (SSSR count). The number of amides is 2. The minimum Gasteiger partial charge on any atom is -0.393 e. The first-order valence-electron chi connectivity index (χ1n) is 5.73. The van der Waals surface area contributed by atoms with Crippen LogP contribution in [0.3, 0.4) is 0 Å². The molecule has 1 heterocycles. The number of aliphatic hydroxyl groups excluding tert-OH is 1. The van der Waals surface area contributed by atoms with Gasteiger partial charge in [-0.15, -0.1) is 11.3 Å². The summed E-state index contributed by atoms with van der Waals surface area (Å²) in [6, 6.07) is -0.221. The van der Waals surface area contributed by atoms with Gasteiger partial charge in [0.15, 0.2) is 0 Å². The zero-order chi connectivity index (χ0) is 12.7. The number of aryl methyl sites for hydroxylation is 1. The monoisotopic (exact) mass is 257 g/mol. The van der Waals surface area contributed by atoms with E-state index in [2.05, 4.69) is 15.6 Å². The van der Waals surface area contributed by atoms with E-state index in [0.717, 1.165) is 9.88 Å². The van der Waals surface area contributed by atoms with Gasteiger partial charge in [-0.3, -0.25) is 0 Å². The largest absolute Gasteiger partial charge is 0.393 e. The lowest BCUT2D eigenvalue weighted by Crippen LogP contribution is -2.36. The van der Waals surface area contributed by atoms with Crippen LogP contribution in [0.4, 0.5) is 4.79 Å². The molecular formula is C11H19N3O2S. The van der Waals surface area contributed by atoms with Crippen LogP contribution in [0.15, 0.2) is 6.20 Å². The molecule has 3 N–H and O–H groups in total. The summed E-state index contributed by atoms with van der Waals surface area (Å²) in [7, 11) is 0. The molecule has 17 heavy (non-hydrogen) atoms. The second kappa shape index (κ2) is 7.24. The number of hydrogen-bond donors (Lipinski definition) is 3. The van der Waals surface area contributed by atoms with Crippen molar-refractivity contribution in [3.63, 3.8) is 0 Å². The number of aliphatic hydroxyl groups is 1. The van der Waals surface area contributed by atoms with Gasteiger partial charge in [0.1, 0.15) is 5.01 Å². The zero-order valence-corrected chi connectivity index (χ0v) is 11.0. The van der Waals surface area contributed by atoms with Gasteiger partial charge >= 0.3 is 6.03 Å². The molecule has 0 saturated heterocycles. The highest BCUT2D eigenvalue weighted by Crippen LogP contribution is 2.10. The number of aromatic nitrogens is 1.